The normalized spacial score (nSPS) is 9.86. The smallest absolute Gasteiger partial charge is 0.272 e. The van der Waals surface area contributed by atoms with Gasteiger partial charge < -0.3 is 4.74 Å². The van der Waals surface area contributed by atoms with Crippen LogP contribution in [0, 0.1) is 10.1 Å². The molecule has 0 spiro atoms. The molecule has 0 bridgehead atoms. The number of nitrogens with zero attached hydrogens (tertiary/aromatic N) is 1. The number of ether oxygens (including phenoxy) is 1. The number of methoxy groups -OCH3 is 1. The highest BCUT2D eigenvalue weighted by atomic mass is 32.1. The molecule has 0 aromatic heterocycles. The third-order valence-electron chi connectivity index (χ3n) is 1.86. The summed E-state index contributed by atoms with van der Waals surface area (Å²) in [6, 6.07) is 4.71. The molecule has 0 aliphatic heterocycles. The van der Waals surface area contributed by atoms with Crippen LogP contribution in [0.4, 0.5) is 5.69 Å². The van der Waals surface area contributed by atoms with Crippen LogP contribution in [0.5, 0.6) is 5.75 Å². The lowest BCUT2D eigenvalue weighted by Gasteiger charge is -2.04. The van der Waals surface area contributed by atoms with Gasteiger partial charge in [0.2, 0.25) is 0 Å². The standard InChI is InChI=1S/C9H11NO3S/c1-13-8-2-3-9(10(11)12)7(6-8)4-5-14/h2-3,6,14H,4-5H2,1H3. The maximum atomic E-state index is 10.6. The van der Waals surface area contributed by atoms with Gasteiger partial charge in [0.1, 0.15) is 5.75 Å². The van der Waals surface area contributed by atoms with Crippen molar-refractivity contribution in [1.29, 1.82) is 0 Å². The highest BCUT2D eigenvalue weighted by Gasteiger charge is 2.13. The summed E-state index contributed by atoms with van der Waals surface area (Å²) < 4.78 is 4.99. The van der Waals surface area contributed by atoms with Crippen LogP contribution < -0.4 is 4.74 Å². The van der Waals surface area contributed by atoms with Crippen molar-refractivity contribution in [2.75, 3.05) is 12.9 Å². The van der Waals surface area contributed by atoms with Crippen LogP contribution in [-0.4, -0.2) is 17.8 Å². The molecule has 0 saturated carbocycles. The van der Waals surface area contributed by atoms with Crippen molar-refractivity contribution in [1.82, 2.24) is 0 Å². The fourth-order valence-corrected chi connectivity index (χ4v) is 1.43. The van der Waals surface area contributed by atoms with Gasteiger partial charge in [0, 0.05) is 11.6 Å². The van der Waals surface area contributed by atoms with Gasteiger partial charge in [-0.3, -0.25) is 10.1 Å². The number of thiol groups is 1. The molecule has 14 heavy (non-hydrogen) atoms. The van der Waals surface area contributed by atoms with Crippen LogP contribution in [0.3, 0.4) is 0 Å². The molecule has 0 unspecified atom stereocenters. The Labute approximate surface area is 87.4 Å². The number of hydrogen-bond donors (Lipinski definition) is 1. The first-order valence-corrected chi connectivity index (χ1v) is 4.74. The summed E-state index contributed by atoms with van der Waals surface area (Å²) in [6.07, 6.45) is 0.566. The lowest BCUT2D eigenvalue weighted by Crippen LogP contribution is -1.97. The molecule has 0 fully saturated rings. The zero-order valence-corrected chi connectivity index (χ0v) is 8.66. The largest absolute Gasteiger partial charge is 0.497 e. The molecule has 0 aliphatic rings. The maximum Gasteiger partial charge on any atom is 0.272 e. The summed E-state index contributed by atoms with van der Waals surface area (Å²) >= 11 is 4.05. The second-order valence-electron chi connectivity index (χ2n) is 2.73. The Morgan fingerprint density at radius 1 is 1.57 bits per heavy atom. The molecule has 4 nitrogen and oxygen atoms in total. The highest BCUT2D eigenvalue weighted by molar-refractivity contribution is 7.80. The van der Waals surface area contributed by atoms with Crippen LogP contribution in [0.2, 0.25) is 0 Å². The van der Waals surface area contributed by atoms with Gasteiger partial charge in [-0.1, -0.05) is 0 Å². The van der Waals surface area contributed by atoms with Crippen LogP contribution in [-0.2, 0) is 6.42 Å². The van der Waals surface area contributed by atoms with Gasteiger partial charge in [0.25, 0.3) is 5.69 Å². The van der Waals surface area contributed by atoms with Crippen molar-refractivity contribution in [3.05, 3.63) is 33.9 Å². The molecule has 0 amide bonds. The van der Waals surface area contributed by atoms with Crippen molar-refractivity contribution in [3.8, 4) is 5.75 Å². The summed E-state index contributed by atoms with van der Waals surface area (Å²) in [5, 5.41) is 10.6. The number of aryl methyl sites for hydroxylation is 1. The van der Waals surface area contributed by atoms with E-state index in [4.69, 9.17) is 4.74 Å². The Morgan fingerprint density at radius 2 is 2.29 bits per heavy atom. The van der Waals surface area contributed by atoms with E-state index < -0.39 is 4.92 Å². The molecule has 0 N–H and O–H groups in total. The highest BCUT2D eigenvalue weighted by Crippen LogP contribution is 2.24. The fraction of sp³-hybridized carbons (Fsp3) is 0.333. The summed E-state index contributed by atoms with van der Waals surface area (Å²) in [6.45, 7) is 0. The summed E-state index contributed by atoms with van der Waals surface area (Å²) in [7, 11) is 1.53. The van der Waals surface area contributed by atoms with Gasteiger partial charge in [0.15, 0.2) is 0 Å². The first-order chi connectivity index (χ1) is 6.69. The Balaban J connectivity index is 3.10. The average Bonchev–Trinajstić information content (AvgIpc) is 2.17. The van der Waals surface area contributed by atoms with Crippen molar-refractivity contribution >= 4 is 18.3 Å². The Bertz CT molecular complexity index is 341. The van der Waals surface area contributed by atoms with E-state index >= 15 is 0 Å². The quantitative estimate of drug-likeness (QED) is 0.473. The van der Waals surface area contributed by atoms with E-state index in [2.05, 4.69) is 12.6 Å². The second kappa shape index (κ2) is 4.85. The predicted molar refractivity (Wildman–Crippen MR) is 57.2 cm³/mol. The Kier molecular flexibility index (Phi) is 3.76. The van der Waals surface area contributed by atoms with E-state index in [1.807, 2.05) is 0 Å². The van der Waals surface area contributed by atoms with Crippen molar-refractivity contribution < 1.29 is 9.66 Å². The molecule has 76 valence electrons. The zero-order chi connectivity index (χ0) is 10.6. The predicted octanol–water partition coefficient (Wildman–Crippen LogP) is 2.08. The first kappa shape index (κ1) is 10.8. The van der Waals surface area contributed by atoms with Gasteiger partial charge in [-0.2, -0.15) is 12.6 Å². The molecule has 0 saturated heterocycles. The summed E-state index contributed by atoms with van der Waals surface area (Å²) in [4.78, 5) is 10.2. The third kappa shape index (κ3) is 2.38. The Morgan fingerprint density at radius 3 is 2.79 bits per heavy atom. The number of nitro benzene ring substituents is 1. The van der Waals surface area contributed by atoms with Crippen LogP contribution in [0.25, 0.3) is 0 Å². The van der Waals surface area contributed by atoms with E-state index in [9.17, 15) is 10.1 Å². The van der Waals surface area contributed by atoms with E-state index in [1.165, 1.54) is 13.2 Å². The third-order valence-corrected chi connectivity index (χ3v) is 2.09. The summed E-state index contributed by atoms with van der Waals surface area (Å²) in [5.74, 6) is 1.21. The molecule has 5 heteroatoms. The van der Waals surface area contributed by atoms with Crippen LogP contribution >= 0.6 is 12.6 Å². The number of nitro groups is 1. The van der Waals surface area contributed by atoms with Crippen LogP contribution in [0.1, 0.15) is 5.56 Å². The number of hydrogen-bond acceptors (Lipinski definition) is 4. The number of benzene rings is 1. The van der Waals surface area contributed by atoms with Crippen molar-refractivity contribution in [2.24, 2.45) is 0 Å². The fourth-order valence-electron chi connectivity index (χ4n) is 1.19. The lowest BCUT2D eigenvalue weighted by molar-refractivity contribution is -0.385. The minimum atomic E-state index is -0.391. The average molecular weight is 213 g/mol. The molecule has 1 rings (SSSR count). The zero-order valence-electron chi connectivity index (χ0n) is 7.77. The van der Waals surface area contributed by atoms with E-state index in [0.717, 1.165) is 0 Å². The molecule has 0 atom stereocenters. The molecule has 1 aromatic rings. The molecular formula is C9H11NO3S. The molecular weight excluding hydrogens is 202 g/mol. The lowest BCUT2D eigenvalue weighted by atomic mass is 10.1. The van der Waals surface area contributed by atoms with Gasteiger partial charge in [-0.05, 0) is 24.3 Å². The first-order valence-electron chi connectivity index (χ1n) is 4.11. The van der Waals surface area contributed by atoms with E-state index in [0.29, 0.717) is 23.5 Å². The molecule has 0 aliphatic carbocycles. The minimum absolute atomic E-state index is 0.125. The van der Waals surface area contributed by atoms with Gasteiger partial charge in [-0.15, -0.1) is 0 Å². The maximum absolute atomic E-state index is 10.6. The SMILES string of the molecule is COc1ccc([N+](=O)[O-])c(CCS)c1. The van der Waals surface area contributed by atoms with Crippen LogP contribution in [0.15, 0.2) is 18.2 Å². The molecule has 0 radical (unpaired) electrons. The molecule has 1 aromatic carbocycles. The van der Waals surface area contributed by atoms with E-state index in [-0.39, 0.29) is 5.69 Å². The second-order valence-corrected chi connectivity index (χ2v) is 3.17. The van der Waals surface area contributed by atoms with Gasteiger partial charge >= 0.3 is 0 Å². The van der Waals surface area contributed by atoms with Crippen molar-refractivity contribution in [2.45, 2.75) is 6.42 Å². The topological polar surface area (TPSA) is 52.4 Å². The van der Waals surface area contributed by atoms with Gasteiger partial charge in [0.05, 0.1) is 12.0 Å². The summed E-state index contributed by atoms with van der Waals surface area (Å²) in [5.41, 5.74) is 0.782. The van der Waals surface area contributed by atoms with E-state index in [1.54, 1.807) is 12.1 Å². The minimum Gasteiger partial charge on any atom is -0.497 e. The van der Waals surface area contributed by atoms with Gasteiger partial charge in [-0.25, -0.2) is 0 Å². The Hall–Kier alpha value is -1.23. The molecule has 0 heterocycles. The number of rotatable bonds is 4. The van der Waals surface area contributed by atoms with Crippen molar-refractivity contribution in [3.63, 3.8) is 0 Å². The monoisotopic (exact) mass is 213 g/mol.